The van der Waals surface area contributed by atoms with E-state index >= 15 is 0 Å². The number of carbonyl (C=O) groups excluding carboxylic acids is 1. The van der Waals surface area contributed by atoms with Crippen molar-refractivity contribution in [1.29, 1.82) is 0 Å². The fraction of sp³-hybridized carbons (Fsp3) is 0.316. The minimum Gasteiger partial charge on any atom is -0.504 e. The lowest BCUT2D eigenvalue weighted by Gasteiger charge is -2.26. The molecule has 148 valence electrons. The number of benzene rings is 2. The third kappa shape index (κ3) is 4.38. The fourth-order valence-corrected chi connectivity index (χ4v) is 3.15. The molecule has 2 aromatic rings. The Hall–Kier alpha value is -3.17. The van der Waals surface area contributed by atoms with Gasteiger partial charge in [-0.25, -0.2) is 0 Å². The van der Waals surface area contributed by atoms with Crippen LogP contribution in [0.3, 0.4) is 0 Å². The summed E-state index contributed by atoms with van der Waals surface area (Å²) < 4.78 is 5.00. The summed E-state index contributed by atoms with van der Waals surface area (Å²) in [6, 6.07) is 9.04. The van der Waals surface area contributed by atoms with E-state index < -0.39 is 10.8 Å². The van der Waals surface area contributed by atoms with Crippen molar-refractivity contribution in [2.75, 3.05) is 26.7 Å². The zero-order valence-corrected chi connectivity index (χ0v) is 15.4. The number of methoxy groups -OCH3 is 1. The molecule has 0 aromatic heterocycles. The molecule has 2 aromatic carbocycles. The van der Waals surface area contributed by atoms with Crippen molar-refractivity contribution in [3.63, 3.8) is 0 Å². The highest BCUT2D eigenvalue weighted by Gasteiger charge is 2.23. The van der Waals surface area contributed by atoms with Gasteiger partial charge in [0.1, 0.15) is 0 Å². The normalized spacial score (nSPS) is 16.4. The first-order valence-electron chi connectivity index (χ1n) is 8.86. The Bertz CT molecular complexity index is 881. The van der Waals surface area contributed by atoms with Crippen LogP contribution in [0.1, 0.15) is 27.5 Å². The van der Waals surface area contributed by atoms with E-state index in [4.69, 9.17) is 4.74 Å². The van der Waals surface area contributed by atoms with Gasteiger partial charge in [0, 0.05) is 44.4 Å². The lowest BCUT2D eigenvalue weighted by Crippen LogP contribution is -2.43. The first kappa shape index (κ1) is 19.6. The van der Waals surface area contributed by atoms with E-state index in [1.807, 2.05) is 0 Å². The molecule has 1 atom stereocenters. The van der Waals surface area contributed by atoms with Crippen molar-refractivity contribution < 1.29 is 19.6 Å². The van der Waals surface area contributed by atoms with Crippen molar-refractivity contribution >= 4 is 11.6 Å². The number of nitrogens with one attached hydrogen (secondary N) is 3. The SMILES string of the molecule is COc1ccc(CNC(=O)c2cc([N+](=O)[O-])ccc2C2CNCCN2)cc1O. The number of carbonyl (C=O) groups is 1. The highest BCUT2D eigenvalue weighted by Crippen LogP contribution is 2.27. The Labute approximate surface area is 161 Å². The summed E-state index contributed by atoms with van der Waals surface area (Å²) >= 11 is 0. The van der Waals surface area contributed by atoms with Crippen LogP contribution in [0.15, 0.2) is 36.4 Å². The molecule has 1 heterocycles. The molecule has 1 amide bonds. The van der Waals surface area contributed by atoms with Crippen LogP contribution in [0.2, 0.25) is 0 Å². The molecule has 1 aliphatic rings. The Morgan fingerprint density at radius 1 is 1.32 bits per heavy atom. The summed E-state index contributed by atoms with van der Waals surface area (Å²) in [5.41, 5.74) is 1.50. The molecule has 1 unspecified atom stereocenters. The Morgan fingerprint density at radius 3 is 2.79 bits per heavy atom. The van der Waals surface area contributed by atoms with E-state index in [-0.39, 0.29) is 29.6 Å². The molecule has 0 radical (unpaired) electrons. The van der Waals surface area contributed by atoms with Crippen molar-refractivity contribution in [3.05, 3.63) is 63.2 Å². The summed E-state index contributed by atoms with van der Waals surface area (Å²) in [7, 11) is 1.45. The Kier molecular flexibility index (Phi) is 6.07. The molecule has 1 saturated heterocycles. The second-order valence-corrected chi connectivity index (χ2v) is 6.43. The number of nitrogens with zero attached hydrogens (tertiary/aromatic N) is 1. The number of nitro benzene ring substituents is 1. The average Bonchev–Trinajstić information content (AvgIpc) is 2.72. The average molecular weight is 386 g/mol. The van der Waals surface area contributed by atoms with Crippen LogP contribution in [-0.4, -0.2) is 42.7 Å². The van der Waals surface area contributed by atoms with Crippen LogP contribution >= 0.6 is 0 Å². The number of nitro groups is 1. The number of hydrogen-bond acceptors (Lipinski definition) is 7. The number of phenols is 1. The molecule has 0 spiro atoms. The van der Waals surface area contributed by atoms with Crippen LogP contribution in [0.25, 0.3) is 0 Å². The molecule has 4 N–H and O–H groups in total. The number of phenolic OH excluding ortho intramolecular Hbond substituents is 1. The zero-order chi connectivity index (χ0) is 20.1. The van der Waals surface area contributed by atoms with E-state index in [2.05, 4.69) is 16.0 Å². The van der Waals surface area contributed by atoms with E-state index in [0.717, 1.165) is 13.1 Å². The van der Waals surface area contributed by atoms with Gasteiger partial charge in [-0.15, -0.1) is 0 Å². The molecule has 0 aliphatic carbocycles. The first-order chi connectivity index (χ1) is 13.5. The topological polar surface area (TPSA) is 126 Å². The second-order valence-electron chi connectivity index (χ2n) is 6.43. The van der Waals surface area contributed by atoms with Crippen LogP contribution in [-0.2, 0) is 6.54 Å². The Morgan fingerprint density at radius 2 is 2.14 bits per heavy atom. The van der Waals surface area contributed by atoms with Gasteiger partial charge in [0.15, 0.2) is 11.5 Å². The quantitative estimate of drug-likeness (QED) is 0.437. The highest BCUT2D eigenvalue weighted by molar-refractivity contribution is 5.96. The Balaban J connectivity index is 1.81. The second kappa shape index (κ2) is 8.68. The minimum atomic E-state index is -0.519. The standard InChI is InChI=1S/C19H22N4O5/c1-28-18-5-2-12(8-17(18)24)10-22-19(25)15-9-13(23(26)27)3-4-14(15)16-11-20-6-7-21-16/h2-5,8-9,16,20-21,24H,6-7,10-11H2,1H3,(H,22,25). The minimum absolute atomic E-state index is 0.0252. The monoisotopic (exact) mass is 386 g/mol. The molecule has 9 heteroatoms. The van der Waals surface area contributed by atoms with Crippen LogP contribution < -0.4 is 20.7 Å². The van der Waals surface area contributed by atoms with Crippen molar-refractivity contribution in [2.45, 2.75) is 12.6 Å². The maximum absolute atomic E-state index is 12.8. The van der Waals surface area contributed by atoms with Crippen molar-refractivity contribution in [1.82, 2.24) is 16.0 Å². The summed E-state index contributed by atoms with van der Waals surface area (Å²) in [4.78, 5) is 23.4. The number of rotatable bonds is 6. The maximum Gasteiger partial charge on any atom is 0.270 e. The molecular formula is C19H22N4O5. The predicted molar refractivity (Wildman–Crippen MR) is 103 cm³/mol. The van der Waals surface area contributed by atoms with Gasteiger partial charge in [-0.1, -0.05) is 6.07 Å². The van der Waals surface area contributed by atoms with E-state index in [9.17, 15) is 20.0 Å². The van der Waals surface area contributed by atoms with Gasteiger partial charge < -0.3 is 25.8 Å². The number of aromatic hydroxyl groups is 1. The number of amides is 1. The lowest BCUT2D eigenvalue weighted by molar-refractivity contribution is -0.384. The van der Waals surface area contributed by atoms with Gasteiger partial charge in [0.05, 0.1) is 17.6 Å². The molecule has 3 rings (SSSR count). The third-order valence-corrected chi connectivity index (χ3v) is 4.61. The van der Waals surface area contributed by atoms with Gasteiger partial charge in [-0.2, -0.15) is 0 Å². The number of non-ortho nitro benzene ring substituents is 1. The number of ether oxygens (including phenoxy) is 1. The third-order valence-electron chi connectivity index (χ3n) is 4.61. The van der Waals surface area contributed by atoms with Gasteiger partial charge in [0.25, 0.3) is 11.6 Å². The maximum atomic E-state index is 12.8. The van der Waals surface area contributed by atoms with Crippen LogP contribution in [0.5, 0.6) is 11.5 Å². The lowest BCUT2D eigenvalue weighted by atomic mass is 9.97. The van der Waals surface area contributed by atoms with Crippen molar-refractivity contribution in [2.24, 2.45) is 0 Å². The fourth-order valence-electron chi connectivity index (χ4n) is 3.15. The van der Waals surface area contributed by atoms with Gasteiger partial charge in [0.2, 0.25) is 0 Å². The van der Waals surface area contributed by atoms with Crippen molar-refractivity contribution in [3.8, 4) is 11.5 Å². The van der Waals surface area contributed by atoms with Gasteiger partial charge >= 0.3 is 0 Å². The first-order valence-corrected chi connectivity index (χ1v) is 8.86. The van der Waals surface area contributed by atoms with Gasteiger partial charge in [-0.3, -0.25) is 14.9 Å². The zero-order valence-electron chi connectivity index (χ0n) is 15.4. The van der Waals surface area contributed by atoms with Gasteiger partial charge in [-0.05, 0) is 29.3 Å². The molecule has 9 nitrogen and oxygen atoms in total. The molecule has 1 fully saturated rings. The smallest absolute Gasteiger partial charge is 0.270 e. The number of piperazine rings is 1. The predicted octanol–water partition coefficient (Wildman–Crippen LogP) is 1.47. The van der Waals surface area contributed by atoms with Crippen LogP contribution in [0.4, 0.5) is 5.69 Å². The van der Waals surface area contributed by atoms with Crippen LogP contribution in [0, 0.1) is 10.1 Å². The largest absolute Gasteiger partial charge is 0.504 e. The molecular weight excluding hydrogens is 364 g/mol. The summed E-state index contributed by atoms with van der Waals surface area (Å²) in [6.07, 6.45) is 0. The molecule has 28 heavy (non-hydrogen) atoms. The summed E-state index contributed by atoms with van der Waals surface area (Å²) in [5, 5.41) is 30.3. The summed E-state index contributed by atoms with van der Waals surface area (Å²) in [5.74, 6) is -0.101. The van der Waals surface area contributed by atoms with E-state index in [1.54, 1.807) is 18.2 Å². The molecule has 0 saturated carbocycles. The highest BCUT2D eigenvalue weighted by atomic mass is 16.6. The summed E-state index contributed by atoms with van der Waals surface area (Å²) in [6.45, 7) is 2.36. The molecule has 0 bridgehead atoms. The molecule has 1 aliphatic heterocycles. The van der Waals surface area contributed by atoms with E-state index in [1.165, 1.54) is 25.3 Å². The number of hydrogen-bond donors (Lipinski definition) is 4. The van der Waals surface area contributed by atoms with E-state index in [0.29, 0.717) is 23.4 Å².